The van der Waals surface area contributed by atoms with Crippen LogP contribution in [0, 0.1) is 0 Å². The topological polar surface area (TPSA) is 56.3 Å². The summed E-state index contributed by atoms with van der Waals surface area (Å²) < 4.78 is 36.5. The van der Waals surface area contributed by atoms with E-state index in [0.29, 0.717) is 11.3 Å². The third kappa shape index (κ3) is 1.74. The molecule has 0 atom stereocenters. The highest BCUT2D eigenvalue weighted by atomic mass is 32.1. The molecule has 14 heavy (non-hydrogen) atoms. The lowest BCUT2D eigenvalue weighted by molar-refractivity contribution is -0.204. The van der Waals surface area contributed by atoms with E-state index in [1.807, 2.05) is 0 Å². The molecule has 0 saturated heterocycles. The zero-order valence-electron chi connectivity index (χ0n) is 6.37. The number of carbonyl (C=O) groups excluding carboxylic acids is 2. The van der Waals surface area contributed by atoms with Gasteiger partial charge in [0.25, 0.3) is 5.78 Å². The predicted octanol–water partition coefficient (Wildman–Crippen LogP) is 1.39. The second kappa shape index (κ2) is 3.74. The molecule has 8 heteroatoms. The minimum atomic E-state index is -4.54. The van der Waals surface area contributed by atoms with Crippen molar-refractivity contribution in [1.82, 2.24) is 4.98 Å². The smallest absolute Gasteiger partial charge is 0.284 e. The first-order chi connectivity index (χ1) is 6.50. The number of hydrogen-bond donors (Lipinski definition) is 0. The van der Waals surface area contributed by atoms with Gasteiger partial charge in [-0.15, -0.1) is 11.3 Å². The lowest BCUT2D eigenvalue weighted by Crippen LogP contribution is -2.38. The lowest BCUT2D eigenvalue weighted by atomic mass is 10.2. The van der Waals surface area contributed by atoms with Crippen molar-refractivity contribution in [3.63, 3.8) is 0 Å². The number of aromatic nitrogens is 1. The molecule has 0 fully saturated rings. The molecule has 1 rings (SSSR count). The van der Waals surface area contributed by atoms with Crippen LogP contribution in [0.4, 0.5) is 13.3 Å². The third-order valence-corrected chi connectivity index (χ3v) is 2.01. The largest absolute Gasteiger partial charge is 0.426 e. The van der Waals surface area contributed by atoms with Gasteiger partial charge in [-0.25, -0.2) is 14.7 Å². The number of thiazole rings is 1. The van der Waals surface area contributed by atoms with Crippen LogP contribution in [0.15, 0.2) is 11.6 Å². The van der Waals surface area contributed by atoms with E-state index in [0.717, 1.165) is 6.20 Å². The monoisotopic (exact) mass is 225 g/mol. The Morgan fingerprint density at radius 2 is 2.14 bits per heavy atom. The maximum atomic E-state index is 12.7. The van der Waals surface area contributed by atoms with Gasteiger partial charge in [0, 0.05) is 16.1 Å². The standard InChI is InChI=1S/C6H2F3NO3S/c7-6(8,5(12)13-9)3(11)4-10-1-2-14-4/h1-2H. The molecule has 0 spiro atoms. The minimum absolute atomic E-state index is 0.583. The molecular formula is C6H2F3NO3S. The van der Waals surface area contributed by atoms with Crippen LogP contribution in [0.2, 0.25) is 0 Å². The number of ketones is 1. The number of rotatable bonds is 3. The van der Waals surface area contributed by atoms with Crippen molar-refractivity contribution in [3.8, 4) is 0 Å². The van der Waals surface area contributed by atoms with E-state index in [1.54, 1.807) is 0 Å². The summed E-state index contributed by atoms with van der Waals surface area (Å²) in [5.74, 6) is -8.96. The van der Waals surface area contributed by atoms with Gasteiger partial charge < -0.3 is 0 Å². The van der Waals surface area contributed by atoms with E-state index in [-0.39, 0.29) is 0 Å². The number of carbonyl (C=O) groups is 2. The summed E-state index contributed by atoms with van der Waals surface area (Å²) in [5, 5.41) is 0.685. The van der Waals surface area contributed by atoms with Crippen molar-refractivity contribution >= 4 is 23.1 Å². The fourth-order valence-electron chi connectivity index (χ4n) is 0.611. The van der Waals surface area contributed by atoms with Crippen LogP contribution in [0.3, 0.4) is 0 Å². The van der Waals surface area contributed by atoms with Gasteiger partial charge in [-0.05, 0) is 0 Å². The van der Waals surface area contributed by atoms with Crippen molar-refractivity contribution in [2.45, 2.75) is 5.92 Å². The number of halogens is 3. The van der Waals surface area contributed by atoms with Gasteiger partial charge in [0.1, 0.15) is 0 Å². The first-order valence-corrected chi connectivity index (χ1v) is 4.03. The van der Waals surface area contributed by atoms with Crippen LogP contribution in [0.1, 0.15) is 9.80 Å². The summed E-state index contributed by atoms with van der Waals surface area (Å²) in [7, 11) is 0. The van der Waals surface area contributed by atoms with Crippen LogP contribution >= 0.6 is 11.3 Å². The fraction of sp³-hybridized carbons (Fsp3) is 0.167. The molecule has 0 N–H and O–H groups in total. The highest BCUT2D eigenvalue weighted by Gasteiger charge is 2.51. The first-order valence-electron chi connectivity index (χ1n) is 3.15. The summed E-state index contributed by atoms with van der Waals surface area (Å²) in [5.41, 5.74) is 0. The molecule has 0 aliphatic heterocycles. The highest BCUT2D eigenvalue weighted by Crippen LogP contribution is 2.23. The number of hydrogen-bond acceptors (Lipinski definition) is 5. The molecule has 1 aromatic heterocycles. The maximum Gasteiger partial charge on any atom is 0.426 e. The average Bonchev–Trinajstić information content (AvgIpc) is 2.67. The summed E-state index contributed by atoms with van der Waals surface area (Å²) in [6, 6.07) is 0. The Hall–Kier alpha value is -1.44. The second-order valence-electron chi connectivity index (χ2n) is 2.11. The SMILES string of the molecule is O=C(OF)C(F)(F)C(=O)c1nccs1. The second-order valence-corrected chi connectivity index (χ2v) is 3.00. The van der Waals surface area contributed by atoms with Gasteiger partial charge in [-0.2, -0.15) is 8.78 Å². The zero-order chi connectivity index (χ0) is 10.8. The van der Waals surface area contributed by atoms with Gasteiger partial charge in [0.2, 0.25) is 0 Å². The molecule has 4 nitrogen and oxygen atoms in total. The van der Waals surface area contributed by atoms with Crippen LogP contribution in [0.5, 0.6) is 0 Å². The summed E-state index contributed by atoms with van der Waals surface area (Å²) >= 11 is 0.615. The summed E-state index contributed by atoms with van der Waals surface area (Å²) in [6.45, 7) is 0. The number of alkyl halides is 2. The van der Waals surface area contributed by atoms with Crippen LogP contribution in [0.25, 0.3) is 0 Å². The third-order valence-electron chi connectivity index (χ3n) is 1.24. The molecule has 0 saturated carbocycles. The van der Waals surface area contributed by atoms with Crippen molar-refractivity contribution in [3.05, 3.63) is 16.6 Å². The van der Waals surface area contributed by atoms with Crippen molar-refractivity contribution in [2.24, 2.45) is 0 Å². The molecule has 0 aromatic carbocycles. The molecule has 1 aromatic rings. The molecule has 0 aliphatic rings. The van der Waals surface area contributed by atoms with E-state index >= 15 is 0 Å². The molecule has 0 amide bonds. The van der Waals surface area contributed by atoms with Crippen LogP contribution < -0.4 is 0 Å². The molecule has 1 heterocycles. The van der Waals surface area contributed by atoms with Gasteiger partial charge in [-0.1, -0.05) is 0 Å². The fourth-order valence-corrected chi connectivity index (χ4v) is 1.22. The number of nitrogens with zero attached hydrogens (tertiary/aromatic N) is 1. The van der Waals surface area contributed by atoms with E-state index in [9.17, 15) is 22.9 Å². The molecular weight excluding hydrogens is 223 g/mol. The summed E-state index contributed by atoms with van der Waals surface area (Å²) in [4.78, 5) is 26.6. The van der Waals surface area contributed by atoms with Crippen molar-refractivity contribution in [1.29, 1.82) is 0 Å². The van der Waals surface area contributed by atoms with Crippen LogP contribution in [-0.2, 0) is 9.74 Å². The van der Waals surface area contributed by atoms with Gasteiger partial charge in [-0.3, -0.25) is 4.79 Å². The van der Waals surface area contributed by atoms with Gasteiger partial charge >= 0.3 is 11.9 Å². The summed E-state index contributed by atoms with van der Waals surface area (Å²) in [6.07, 6.45) is 1.11. The maximum absolute atomic E-state index is 12.7. The highest BCUT2D eigenvalue weighted by molar-refractivity contribution is 7.11. The van der Waals surface area contributed by atoms with Gasteiger partial charge in [0.05, 0.1) is 0 Å². The minimum Gasteiger partial charge on any atom is -0.284 e. The van der Waals surface area contributed by atoms with E-state index < -0.39 is 22.7 Å². The predicted molar refractivity (Wildman–Crippen MR) is 38.6 cm³/mol. The molecule has 0 bridgehead atoms. The molecule has 0 radical (unpaired) electrons. The van der Waals surface area contributed by atoms with Crippen molar-refractivity contribution < 1.29 is 27.8 Å². The Morgan fingerprint density at radius 1 is 1.50 bits per heavy atom. The zero-order valence-corrected chi connectivity index (χ0v) is 7.19. The Bertz CT molecular complexity index is 351. The molecule has 0 unspecified atom stereocenters. The quantitative estimate of drug-likeness (QED) is 0.576. The normalized spacial score (nSPS) is 11.1. The van der Waals surface area contributed by atoms with E-state index in [2.05, 4.69) is 9.93 Å². The molecule has 76 valence electrons. The van der Waals surface area contributed by atoms with E-state index in [4.69, 9.17) is 0 Å². The molecule has 0 aliphatic carbocycles. The van der Waals surface area contributed by atoms with Gasteiger partial charge in [0.15, 0.2) is 5.01 Å². The Morgan fingerprint density at radius 3 is 2.57 bits per heavy atom. The Balaban J connectivity index is 2.94. The van der Waals surface area contributed by atoms with Crippen molar-refractivity contribution in [2.75, 3.05) is 0 Å². The van der Waals surface area contributed by atoms with E-state index in [1.165, 1.54) is 5.38 Å². The Labute approximate surface area is 79.2 Å². The van der Waals surface area contributed by atoms with Crippen LogP contribution in [-0.4, -0.2) is 22.7 Å². The lowest BCUT2D eigenvalue weighted by Gasteiger charge is -2.07. The Kier molecular flexibility index (Phi) is 2.84. The first kappa shape index (κ1) is 10.6. The number of Topliss-reactive ketones (excluding diaryl/α,β-unsaturated/α-hetero) is 1. The average molecular weight is 225 g/mol.